The number of allylic oxidation sites excluding steroid dienone is 1. The number of para-hydroxylation sites is 1. The lowest BCUT2D eigenvalue weighted by molar-refractivity contribution is 0.628. The van der Waals surface area contributed by atoms with Crippen molar-refractivity contribution in [3.8, 4) is 11.1 Å². The molecular formula is C21H17BrFN. The minimum Gasteiger partial charge on any atom is -0.252 e. The number of hydrogen-bond acceptors (Lipinski definition) is 1. The van der Waals surface area contributed by atoms with Crippen LogP contribution in [0.3, 0.4) is 0 Å². The molecule has 0 N–H and O–H groups in total. The summed E-state index contributed by atoms with van der Waals surface area (Å²) in [6, 6.07) is 15.0. The van der Waals surface area contributed by atoms with Gasteiger partial charge in [0, 0.05) is 26.9 Å². The summed E-state index contributed by atoms with van der Waals surface area (Å²) in [6.07, 6.45) is 4.43. The maximum atomic E-state index is 13.4. The second kappa shape index (κ2) is 6.14. The molecule has 0 saturated heterocycles. The molecule has 0 unspecified atom stereocenters. The van der Waals surface area contributed by atoms with Gasteiger partial charge in [-0.2, -0.15) is 0 Å². The number of halogens is 2. The molecule has 3 heteroatoms. The summed E-state index contributed by atoms with van der Waals surface area (Å²) in [4.78, 5) is 4.97. The molecule has 1 fully saturated rings. The smallest absolute Gasteiger partial charge is 0.123 e. The molecule has 1 aromatic heterocycles. The van der Waals surface area contributed by atoms with Gasteiger partial charge in [0.25, 0.3) is 0 Å². The number of rotatable bonds is 3. The first-order valence-corrected chi connectivity index (χ1v) is 8.99. The largest absolute Gasteiger partial charge is 0.252 e. The molecule has 0 radical (unpaired) electrons. The number of benzene rings is 2. The number of aromatic nitrogens is 1. The maximum Gasteiger partial charge on any atom is 0.123 e. The Bertz CT molecular complexity index is 940. The molecule has 1 nitrogen and oxygen atoms in total. The zero-order valence-corrected chi connectivity index (χ0v) is 15.0. The van der Waals surface area contributed by atoms with E-state index in [4.69, 9.17) is 4.98 Å². The molecule has 1 saturated carbocycles. The third-order valence-corrected chi connectivity index (χ3v) is 5.36. The number of nitrogens with zero attached hydrogens (tertiary/aromatic N) is 1. The van der Waals surface area contributed by atoms with Gasteiger partial charge in [-0.05, 0) is 43.5 Å². The monoisotopic (exact) mass is 381 g/mol. The van der Waals surface area contributed by atoms with E-state index < -0.39 is 0 Å². The van der Waals surface area contributed by atoms with Crippen molar-refractivity contribution in [2.75, 3.05) is 0 Å². The van der Waals surface area contributed by atoms with Crippen molar-refractivity contribution in [1.29, 1.82) is 0 Å². The zero-order chi connectivity index (χ0) is 16.7. The van der Waals surface area contributed by atoms with Crippen LogP contribution in [-0.4, -0.2) is 4.98 Å². The van der Waals surface area contributed by atoms with Crippen molar-refractivity contribution in [2.45, 2.75) is 25.7 Å². The molecular weight excluding hydrogens is 365 g/mol. The fourth-order valence-corrected chi connectivity index (χ4v) is 3.59. The van der Waals surface area contributed by atoms with Gasteiger partial charge in [0.2, 0.25) is 0 Å². The lowest BCUT2D eigenvalue weighted by Gasteiger charge is -2.17. The molecule has 1 aliphatic carbocycles. The van der Waals surface area contributed by atoms with Gasteiger partial charge in [-0.15, -0.1) is 0 Å². The normalized spacial score (nSPS) is 15.0. The van der Waals surface area contributed by atoms with Gasteiger partial charge in [-0.1, -0.05) is 52.3 Å². The first kappa shape index (κ1) is 15.5. The van der Waals surface area contributed by atoms with Crippen LogP contribution >= 0.6 is 15.9 Å². The van der Waals surface area contributed by atoms with Gasteiger partial charge in [0.1, 0.15) is 5.82 Å². The summed E-state index contributed by atoms with van der Waals surface area (Å²) in [6.45, 7) is 2.02. The van der Waals surface area contributed by atoms with Crippen LogP contribution in [0, 0.1) is 5.82 Å². The average molecular weight is 382 g/mol. The Labute approximate surface area is 149 Å². The molecule has 1 heterocycles. The third-order valence-electron chi connectivity index (χ3n) is 4.51. The number of pyridine rings is 1. The van der Waals surface area contributed by atoms with E-state index in [0.717, 1.165) is 37.8 Å². The van der Waals surface area contributed by atoms with E-state index in [-0.39, 0.29) is 5.82 Å². The van der Waals surface area contributed by atoms with E-state index in [1.807, 2.05) is 31.2 Å². The predicted molar refractivity (Wildman–Crippen MR) is 102 cm³/mol. The van der Waals surface area contributed by atoms with Crippen molar-refractivity contribution in [3.63, 3.8) is 0 Å². The van der Waals surface area contributed by atoms with E-state index in [1.165, 1.54) is 25.0 Å². The van der Waals surface area contributed by atoms with Gasteiger partial charge in [0.15, 0.2) is 0 Å². The summed E-state index contributed by atoms with van der Waals surface area (Å²) < 4.78 is 14.5. The van der Waals surface area contributed by atoms with E-state index >= 15 is 0 Å². The first-order valence-electron chi connectivity index (χ1n) is 8.20. The molecule has 0 aliphatic heterocycles. The van der Waals surface area contributed by atoms with E-state index in [1.54, 1.807) is 0 Å². The second-order valence-electron chi connectivity index (χ2n) is 6.18. The highest BCUT2D eigenvalue weighted by Crippen LogP contribution is 2.48. The van der Waals surface area contributed by atoms with Crippen molar-refractivity contribution in [2.24, 2.45) is 0 Å². The summed E-state index contributed by atoms with van der Waals surface area (Å²) in [5.41, 5.74) is 5.44. The Kier molecular flexibility index (Phi) is 3.97. The molecule has 1 aliphatic rings. The third kappa shape index (κ3) is 2.67. The highest BCUT2D eigenvalue weighted by molar-refractivity contribution is 9.15. The van der Waals surface area contributed by atoms with Crippen LogP contribution in [-0.2, 0) is 0 Å². The molecule has 0 atom stereocenters. The zero-order valence-electron chi connectivity index (χ0n) is 13.4. The summed E-state index contributed by atoms with van der Waals surface area (Å²) in [5, 5.41) is 1.10. The van der Waals surface area contributed by atoms with Gasteiger partial charge in [-0.25, -0.2) is 4.39 Å². The van der Waals surface area contributed by atoms with Gasteiger partial charge >= 0.3 is 0 Å². The minimum atomic E-state index is -0.217. The summed E-state index contributed by atoms with van der Waals surface area (Å²) in [5.74, 6) is 0.308. The topological polar surface area (TPSA) is 12.9 Å². The number of hydrogen-bond donors (Lipinski definition) is 0. The predicted octanol–water partition coefficient (Wildman–Crippen LogP) is 6.67. The molecule has 2 aromatic carbocycles. The van der Waals surface area contributed by atoms with Gasteiger partial charge in [0.05, 0.1) is 11.2 Å². The van der Waals surface area contributed by atoms with Crippen LogP contribution in [0.15, 0.2) is 54.6 Å². The fraction of sp³-hybridized carbons (Fsp3) is 0.190. The average Bonchev–Trinajstić information content (AvgIpc) is 3.45. The van der Waals surface area contributed by atoms with Gasteiger partial charge in [-0.3, -0.25) is 4.98 Å². The van der Waals surface area contributed by atoms with Crippen molar-refractivity contribution in [1.82, 2.24) is 4.98 Å². The SMILES string of the molecule is C/C=C(/Br)c1c(C2CC2)nc2ccccc2c1-c1ccc(F)cc1. The van der Waals surface area contributed by atoms with Crippen molar-refractivity contribution < 1.29 is 4.39 Å². The van der Waals surface area contributed by atoms with Crippen molar-refractivity contribution >= 4 is 31.3 Å². The fourth-order valence-electron chi connectivity index (χ4n) is 3.19. The Balaban J connectivity index is 2.12. The van der Waals surface area contributed by atoms with Crippen LogP contribution < -0.4 is 0 Å². The Morgan fingerprint density at radius 2 is 1.83 bits per heavy atom. The lowest BCUT2D eigenvalue weighted by atomic mass is 9.92. The molecule has 4 rings (SSSR count). The van der Waals surface area contributed by atoms with Crippen LogP contribution in [0.4, 0.5) is 4.39 Å². The highest BCUT2D eigenvalue weighted by Gasteiger charge is 2.30. The Morgan fingerprint density at radius 1 is 1.12 bits per heavy atom. The first-order chi connectivity index (χ1) is 11.7. The lowest BCUT2D eigenvalue weighted by Crippen LogP contribution is -1.99. The van der Waals surface area contributed by atoms with Crippen LogP contribution in [0.5, 0.6) is 0 Å². The summed E-state index contributed by atoms with van der Waals surface area (Å²) >= 11 is 3.73. The van der Waals surface area contributed by atoms with Gasteiger partial charge < -0.3 is 0 Å². The standard InChI is InChI=1S/C21H17BrFN/c1-2-17(22)20-19(13-9-11-15(23)12-10-13)16-5-3-4-6-18(16)24-21(20)14-7-8-14/h2-6,9-12,14H,7-8H2,1H3/b17-2+. The van der Waals surface area contributed by atoms with E-state index in [9.17, 15) is 4.39 Å². The summed E-state index contributed by atoms with van der Waals surface area (Å²) in [7, 11) is 0. The Morgan fingerprint density at radius 3 is 2.50 bits per heavy atom. The minimum absolute atomic E-state index is 0.217. The molecule has 3 aromatic rings. The molecule has 24 heavy (non-hydrogen) atoms. The van der Waals surface area contributed by atoms with Crippen molar-refractivity contribution in [3.05, 3.63) is 71.7 Å². The molecule has 0 spiro atoms. The van der Waals surface area contributed by atoms with E-state index in [2.05, 4.69) is 34.1 Å². The number of fused-ring (bicyclic) bond motifs is 1. The highest BCUT2D eigenvalue weighted by atomic mass is 79.9. The quantitative estimate of drug-likeness (QED) is 0.493. The Hall–Kier alpha value is -2.00. The maximum absolute atomic E-state index is 13.4. The van der Waals surface area contributed by atoms with E-state index in [0.29, 0.717) is 5.92 Å². The molecule has 0 amide bonds. The molecule has 120 valence electrons. The van der Waals surface area contributed by atoms with Crippen LogP contribution in [0.2, 0.25) is 0 Å². The van der Waals surface area contributed by atoms with Crippen LogP contribution in [0.25, 0.3) is 26.5 Å². The second-order valence-corrected chi connectivity index (χ2v) is 7.04. The molecule has 0 bridgehead atoms. The van der Waals surface area contributed by atoms with Crippen LogP contribution in [0.1, 0.15) is 36.9 Å².